The van der Waals surface area contributed by atoms with E-state index in [1.807, 2.05) is 0 Å². The molecule has 0 saturated heterocycles. The number of carbonyl (C=O) groups is 2. The lowest BCUT2D eigenvalue weighted by molar-refractivity contribution is -0.150. The summed E-state index contributed by atoms with van der Waals surface area (Å²) < 4.78 is 5.84. The Kier molecular flexibility index (Phi) is 19.7. The van der Waals surface area contributed by atoms with Crippen LogP contribution in [0.15, 0.2) is 0 Å². The zero-order chi connectivity index (χ0) is 25.0. The summed E-state index contributed by atoms with van der Waals surface area (Å²) in [7, 11) is 0. The molecule has 1 N–H and O–H groups in total. The van der Waals surface area contributed by atoms with Crippen LogP contribution in [0.1, 0.15) is 157 Å². The number of hydrogen-bond donors (Lipinski definition) is 1. The second kappa shape index (κ2) is 20.3. The molecule has 33 heavy (non-hydrogen) atoms. The van der Waals surface area contributed by atoms with Crippen LogP contribution < -0.4 is 0 Å². The Morgan fingerprint density at radius 1 is 0.727 bits per heavy atom. The van der Waals surface area contributed by atoms with Gasteiger partial charge >= 0.3 is 11.9 Å². The fourth-order valence-corrected chi connectivity index (χ4v) is 4.71. The Hall–Kier alpha value is -1.06. The lowest BCUT2D eigenvalue weighted by Gasteiger charge is -2.25. The molecule has 4 heteroatoms. The normalized spacial score (nSPS) is 13.6. The van der Waals surface area contributed by atoms with Crippen LogP contribution >= 0.6 is 0 Å². The van der Waals surface area contributed by atoms with E-state index in [1.165, 1.54) is 70.6 Å². The molecular weight excluding hydrogens is 412 g/mol. The molecule has 0 saturated carbocycles. The highest BCUT2D eigenvalue weighted by Crippen LogP contribution is 2.28. The molecule has 0 heterocycles. The maximum Gasteiger partial charge on any atom is 0.306 e. The molecule has 2 atom stereocenters. The Morgan fingerprint density at radius 3 is 1.76 bits per heavy atom. The highest BCUT2D eigenvalue weighted by Gasteiger charge is 2.19. The number of ether oxygens (including phenoxy) is 1. The summed E-state index contributed by atoms with van der Waals surface area (Å²) in [4.78, 5) is 22.9. The van der Waals surface area contributed by atoms with Crippen molar-refractivity contribution >= 4 is 11.9 Å². The summed E-state index contributed by atoms with van der Waals surface area (Å²) in [5, 5.41) is 8.74. The molecule has 0 aliphatic heterocycles. The van der Waals surface area contributed by atoms with Gasteiger partial charge in [0.25, 0.3) is 0 Å². The Bertz CT molecular complexity index is 481. The van der Waals surface area contributed by atoms with Gasteiger partial charge in [-0.15, -0.1) is 0 Å². The molecule has 0 radical (unpaired) electrons. The predicted molar refractivity (Wildman–Crippen MR) is 140 cm³/mol. The van der Waals surface area contributed by atoms with Crippen molar-refractivity contribution in [1.82, 2.24) is 0 Å². The third-order valence-corrected chi connectivity index (χ3v) is 6.39. The van der Waals surface area contributed by atoms with Crippen molar-refractivity contribution in [3.8, 4) is 0 Å². The van der Waals surface area contributed by atoms with Gasteiger partial charge in [-0.1, -0.05) is 98.8 Å². The van der Waals surface area contributed by atoms with Crippen molar-refractivity contribution in [2.24, 2.45) is 11.3 Å². The standard InChI is InChI=1S/C29H56O4/c1-6-7-8-9-10-11-12-13-14-15-16-19-26(23-22-25(2)24-29(3,4)5)33-28(32)21-18-17-20-27(30)31/h25-26H,6-24H2,1-5H3,(H,30,31). The average Bonchev–Trinajstić information content (AvgIpc) is 2.71. The zero-order valence-electron chi connectivity index (χ0n) is 22.8. The summed E-state index contributed by atoms with van der Waals surface area (Å²) in [6.45, 7) is 11.4. The lowest BCUT2D eigenvalue weighted by Crippen LogP contribution is -2.20. The Labute approximate surface area is 205 Å². The van der Waals surface area contributed by atoms with Crippen LogP contribution in [-0.2, 0) is 14.3 Å². The van der Waals surface area contributed by atoms with Crippen LogP contribution in [0.25, 0.3) is 0 Å². The fraction of sp³-hybridized carbons (Fsp3) is 0.931. The monoisotopic (exact) mass is 468 g/mol. The molecule has 0 aromatic heterocycles. The van der Waals surface area contributed by atoms with Gasteiger partial charge in [-0.3, -0.25) is 9.59 Å². The number of unbranched alkanes of at least 4 members (excludes halogenated alkanes) is 11. The van der Waals surface area contributed by atoms with Gasteiger partial charge in [-0.05, 0) is 56.3 Å². The fourth-order valence-electron chi connectivity index (χ4n) is 4.71. The molecule has 196 valence electrons. The summed E-state index contributed by atoms with van der Waals surface area (Å²) >= 11 is 0. The smallest absolute Gasteiger partial charge is 0.306 e. The third-order valence-electron chi connectivity index (χ3n) is 6.39. The van der Waals surface area contributed by atoms with Crippen molar-refractivity contribution in [1.29, 1.82) is 0 Å². The van der Waals surface area contributed by atoms with Gasteiger partial charge in [0.15, 0.2) is 0 Å². The molecule has 0 aromatic rings. The van der Waals surface area contributed by atoms with E-state index >= 15 is 0 Å². The summed E-state index contributed by atoms with van der Waals surface area (Å²) in [5.41, 5.74) is 0.325. The van der Waals surface area contributed by atoms with E-state index in [4.69, 9.17) is 9.84 Å². The molecule has 0 aromatic carbocycles. The molecule has 0 aliphatic rings. The molecule has 0 spiro atoms. The second-order valence-electron chi connectivity index (χ2n) is 11.5. The number of carbonyl (C=O) groups excluding carboxylic acids is 1. The van der Waals surface area contributed by atoms with Crippen molar-refractivity contribution < 1.29 is 19.4 Å². The van der Waals surface area contributed by atoms with Crippen LogP contribution in [0.5, 0.6) is 0 Å². The van der Waals surface area contributed by atoms with E-state index in [-0.39, 0.29) is 18.5 Å². The van der Waals surface area contributed by atoms with Gasteiger partial charge in [0, 0.05) is 12.8 Å². The number of carboxylic acids is 1. The largest absolute Gasteiger partial charge is 0.481 e. The van der Waals surface area contributed by atoms with E-state index in [2.05, 4.69) is 34.6 Å². The first kappa shape index (κ1) is 31.9. The maximum atomic E-state index is 12.3. The minimum Gasteiger partial charge on any atom is -0.481 e. The first-order chi connectivity index (χ1) is 15.6. The summed E-state index contributed by atoms with van der Waals surface area (Å²) in [6, 6.07) is 0. The van der Waals surface area contributed by atoms with Gasteiger partial charge in [0.1, 0.15) is 6.10 Å². The van der Waals surface area contributed by atoms with Crippen LogP contribution in [0.2, 0.25) is 0 Å². The van der Waals surface area contributed by atoms with E-state index in [1.54, 1.807) is 0 Å². The molecule has 4 nitrogen and oxygen atoms in total. The van der Waals surface area contributed by atoms with Gasteiger partial charge in [-0.2, -0.15) is 0 Å². The molecular formula is C29H56O4. The van der Waals surface area contributed by atoms with Crippen LogP contribution in [0, 0.1) is 11.3 Å². The van der Waals surface area contributed by atoms with Crippen LogP contribution in [0.4, 0.5) is 0 Å². The van der Waals surface area contributed by atoms with E-state index in [9.17, 15) is 9.59 Å². The predicted octanol–water partition coefficient (Wildman–Crippen LogP) is 9.10. The van der Waals surface area contributed by atoms with Gasteiger partial charge in [0.2, 0.25) is 0 Å². The molecule has 0 amide bonds. The Balaban J connectivity index is 4.19. The first-order valence-electron chi connectivity index (χ1n) is 14.0. The summed E-state index contributed by atoms with van der Waals surface area (Å²) in [5.74, 6) is -0.332. The van der Waals surface area contributed by atoms with Gasteiger partial charge < -0.3 is 9.84 Å². The zero-order valence-corrected chi connectivity index (χ0v) is 22.8. The van der Waals surface area contributed by atoms with E-state index in [0.29, 0.717) is 30.6 Å². The first-order valence-corrected chi connectivity index (χ1v) is 14.0. The van der Waals surface area contributed by atoms with Crippen molar-refractivity contribution in [3.05, 3.63) is 0 Å². The molecule has 0 rings (SSSR count). The quantitative estimate of drug-likeness (QED) is 0.127. The SMILES string of the molecule is CCCCCCCCCCCCCC(CCC(C)CC(C)(C)C)OC(=O)CCCCC(=O)O. The van der Waals surface area contributed by atoms with Crippen molar-refractivity contribution in [3.63, 3.8) is 0 Å². The number of carboxylic acid groups (broad SMARTS) is 1. The molecule has 0 fully saturated rings. The highest BCUT2D eigenvalue weighted by molar-refractivity contribution is 5.70. The number of rotatable bonds is 22. The maximum absolute atomic E-state index is 12.3. The van der Waals surface area contributed by atoms with Crippen molar-refractivity contribution in [2.45, 2.75) is 163 Å². The molecule has 2 unspecified atom stereocenters. The molecule has 0 bridgehead atoms. The minimum absolute atomic E-state index is 0.0120. The number of aliphatic carboxylic acids is 1. The van der Waals surface area contributed by atoms with Gasteiger partial charge in [-0.25, -0.2) is 0 Å². The topological polar surface area (TPSA) is 63.6 Å². The average molecular weight is 469 g/mol. The van der Waals surface area contributed by atoms with Crippen LogP contribution in [0.3, 0.4) is 0 Å². The highest BCUT2D eigenvalue weighted by atomic mass is 16.5. The van der Waals surface area contributed by atoms with Crippen molar-refractivity contribution in [2.75, 3.05) is 0 Å². The molecule has 0 aliphatic carbocycles. The number of esters is 1. The van der Waals surface area contributed by atoms with E-state index < -0.39 is 5.97 Å². The third kappa shape index (κ3) is 23.9. The van der Waals surface area contributed by atoms with E-state index in [0.717, 1.165) is 25.7 Å². The number of hydrogen-bond acceptors (Lipinski definition) is 3. The minimum atomic E-state index is -0.800. The second-order valence-corrected chi connectivity index (χ2v) is 11.5. The Morgan fingerprint density at radius 2 is 1.24 bits per heavy atom. The summed E-state index contributed by atoms with van der Waals surface area (Å²) in [6.07, 6.45) is 20.3. The van der Waals surface area contributed by atoms with Gasteiger partial charge in [0.05, 0.1) is 0 Å². The lowest BCUT2D eigenvalue weighted by atomic mass is 9.83. The van der Waals surface area contributed by atoms with Crippen LogP contribution in [-0.4, -0.2) is 23.1 Å².